The lowest BCUT2D eigenvalue weighted by Crippen LogP contribution is -2.27. The Balaban J connectivity index is 1.84. The molecule has 6 heteroatoms. The Hall–Kier alpha value is -1.95. The number of anilines is 2. The second-order valence-electron chi connectivity index (χ2n) is 5.72. The Morgan fingerprint density at radius 3 is 3.05 bits per heavy atom. The van der Waals surface area contributed by atoms with Crippen LogP contribution < -0.4 is 16.4 Å². The van der Waals surface area contributed by atoms with E-state index in [2.05, 4.69) is 21.8 Å². The van der Waals surface area contributed by atoms with Crippen LogP contribution >= 0.6 is 0 Å². The molecule has 1 unspecified atom stereocenters. The number of aromatic amines is 1. The fourth-order valence-corrected chi connectivity index (χ4v) is 2.99. The van der Waals surface area contributed by atoms with Gasteiger partial charge in [-0.25, -0.2) is 4.79 Å². The maximum atomic E-state index is 11.2. The van der Waals surface area contributed by atoms with Crippen molar-refractivity contribution in [3.8, 4) is 0 Å². The Morgan fingerprint density at radius 1 is 1.55 bits per heavy atom. The highest BCUT2D eigenvalue weighted by Crippen LogP contribution is 2.28. The topological polar surface area (TPSA) is 78.5 Å². The van der Waals surface area contributed by atoms with Gasteiger partial charge in [0, 0.05) is 26.2 Å². The highest BCUT2D eigenvalue weighted by molar-refractivity contribution is 5.85. The molecule has 0 radical (unpaired) electrons. The number of nitrogens with one attached hydrogen (secondary N) is 1. The molecular weight excluding hydrogens is 256 g/mol. The second kappa shape index (κ2) is 4.86. The van der Waals surface area contributed by atoms with Gasteiger partial charge in [-0.2, -0.15) is 0 Å². The average Bonchev–Trinajstić information content (AvgIpc) is 2.93. The normalized spacial score (nSPS) is 19.8. The Labute approximate surface area is 117 Å². The van der Waals surface area contributed by atoms with E-state index in [-0.39, 0.29) is 0 Å². The van der Waals surface area contributed by atoms with E-state index >= 15 is 0 Å². The summed E-state index contributed by atoms with van der Waals surface area (Å²) >= 11 is 0. The summed E-state index contributed by atoms with van der Waals surface area (Å²) < 4.78 is 5.01. The fourth-order valence-electron chi connectivity index (χ4n) is 2.99. The third kappa shape index (κ3) is 2.38. The van der Waals surface area contributed by atoms with E-state index in [0.717, 1.165) is 25.3 Å². The number of nitrogens with two attached hydrogens (primary N) is 1. The zero-order valence-electron chi connectivity index (χ0n) is 11.8. The van der Waals surface area contributed by atoms with Crippen LogP contribution in [0.2, 0.25) is 0 Å². The van der Waals surface area contributed by atoms with Gasteiger partial charge in [0.1, 0.15) is 0 Å². The van der Waals surface area contributed by atoms with Gasteiger partial charge < -0.3 is 20.0 Å². The van der Waals surface area contributed by atoms with E-state index in [0.29, 0.717) is 22.7 Å². The molecule has 1 atom stereocenters. The van der Waals surface area contributed by atoms with E-state index in [1.165, 1.54) is 6.42 Å². The van der Waals surface area contributed by atoms with E-state index in [1.54, 1.807) is 6.07 Å². The highest BCUT2D eigenvalue weighted by atomic mass is 16.4. The number of fused-ring (bicyclic) bond motifs is 1. The maximum absolute atomic E-state index is 11.2. The molecule has 1 fully saturated rings. The van der Waals surface area contributed by atoms with Crippen LogP contribution in [0, 0.1) is 5.92 Å². The van der Waals surface area contributed by atoms with Crippen molar-refractivity contribution in [1.82, 2.24) is 9.88 Å². The first-order valence-electron chi connectivity index (χ1n) is 6.85. The van der Waals surface area contributed by atoms with E-state index in [9.17, 15) is 4.79 Å². The van der Waals surface area contributed by atoms with Gasteiger partial charge in [-0.1, -0.05) is 0 Å². The molecule has 1 saturated heterocycles. The summed E-state index contributed by atoms with van der Waals surface area (Å²) in [6.45, 7) is 3.24. The smallest absolute Gasteiger partial charge is 0.408 e. The number of benzene rings is 1. The molecule has 108 valence electrons. The molecule has 20 heavy (non-hydrogen) atoms. The van der Waals surface area contributed by atoms with Crippen LogP contribution in [0.4, 0.5) is 11.4 Å². The van der Waals surface area contributed by atoms with Gasteiger partial charge in [-0.15, -0.1) is 0 Å². The van der Waals surface area contributed by atoms with Crippen LogP contribution in [-0.4, -0.2) is 43.6 Å². The number of rotatable bonds is 3. The van der Waals surface area contributed by atoms with Crippen LogP contribution in [-0.2, 0) is 0 Å². The number of oxazole rings is 1. The highest BCUT2D eigenvalue weighted by Gasteiger charge is 2.21. The number of aromatic nitrogens is 1. The summed E-state index contributed by atoms with van der Waals surface area (Å²) in [7, 11) is 4.19. The molecule has 3 rings (SSSR count). The van der Waals surface area contributed by atoms with E-state index in [4.69, 9.17) is 10.2 Å². The Kier molecular flexibility index (Phi) is 3.17. The summed E-state index contributed by atoms with van der Waals surface area (Å²) in [5.41, 5.74) is 8.83. The number of H-pyrrole nitrogens is 1. The van der Waals surface area contributed by atoms with E-state index in [1.807, 2.05) is 13.1 Å². The SMILES string of the molecule is CN1CCC(CN(C)c2cc3[nH]c(=O)oc3cc2N)C1. The number of nitrogens with zero attached hydrogens (tertiary/aromatic N) is 2. The zero-order valence-corrected chi connectivity index (χ0v) is 11.8. The lowest BCUT2D eigenvalue weighted by atomic mass is 10.1. The first kappa shape index (κ1) is 13.1. The molecule has 1 aromatic carbocycles. The van der Waals surface area contributed by atoms with Crippen LogP contribution in [0.25, 0.3) is 11.1 Å². The van der Waals surface area contributed by atoms with Crippen molar-refractivity contribution in [2.75, 3.05) is 44.4 Å². The zero-order chi connectivity index (χ0) is 14.3. The molecule has 0 spiro atoms. The Bertz CT molecular complexity index is 675. The quantitative estimate of drug-likeness (QED) is 0.821. The molecular formula is C14H20N4O2. The van der Waals surface area contributed by atoms with Gasteiger partial charge in [0.05, 0.1) is 16.9 Å². The molecule has 0 amide bonds. The van der Waals surface area contributed by atoms with Gasteiger partial charge in [0.15, 0.2) is 5.58 Å². The van der Waals surface area contributed by atoms with Crippen molar-refractivity contribution >= 4 is 22.5 Å². The molecule has 1 aliphatic rings. The number of nitrogen functional groups attached to an aromatic ring is 1. The fraction of sp³-hybridized carbons (Fsp3) is 0.500. The van der Waals surface area contributed by atoms with Gasteiger partial charge in [0.2, 0.25) is 0 Å². The first-order valence-corrected chi connectivity index (χ1v) is 6.85. The van der Waals surface area contributed by atoms with Crippen LogP contribution in [0.5, 0.6) is 0 Å². The molecule has 0 saturated carbocycles. The van der Waals surface area contributed by atoms with E-state index < -0.39 is 5.76 Å². The summed E-state index contributed by atoms with van der Waals surface area (Å²) in [6.07, 6.45) is 1.21. The lowest BCUT2D eigenvalue weighted by molar-refractivity contribution is 0.396. The molecule has 2 aromatic rings. The summed E-state index contributed by atoms with van der Waals surface area (Å²) in [4.78, 5) is 18.4. The van der Waals surface area contributed by atoms with Crippen LogP contribution in [0.15, 0.2) is 21.3 Å². The van der Waals surface area contributed by atoms with Gasteiger partial charge in [0.25, 0.3) is 0 Å². The minimum absolute atomic E-state index is 0.448. The number of hydrogen-bond acceptors (Lipinski definition) is 5. The number of hydrogen-bond donors (Lipinski definition) is 2. The molecule has 1 aliphatic heterocycles. The van der Waals surface area contributed by atoms with Crippen LogP contribution in [0.3, 0.4) is 0 Å². The monoisotopic (exact) mass is 276 g/mol. The summed E-state index contributed by atoms with van der Waals surface area (Å²) in [6, 6.07) is 3.59. The van der Waals surface area contributed by atoms with Crippen molar-refractivity contribution < 1.29 is 4.42 Å². The average molecular weight is 276 g/mol. The molecule has 2 heterocycles. The van der Waals surface area contributed by atoms with Crippen molar-refractivity contribution in [3.63, 3.8) is 0 Å². The Morgan fingerprint density at radius 2 is 2.35 bits per heavy atom. The summed E-state index contributed by atoms with van der Waals surface area (Å²) in [5.74, 6) is 0.208. The molecule has 6 nitrogen and oxygen atoms in total. The third-order valence-corrected chi connectivity index (χ3v) is 4.00. The molecule has 1 aromatic heterocycles. The van der Waals surface area contributed by atoms with Crippen molar-refractivity contribution in [3.05, 3.63) is 22.7 Å². The minimum Gasteiger partial charge on any atom is -0.408 e. The van der Waals surface area contributed by atoms with Crippen molar-refractivity contribution in [2.45, 2.75) is 6.42 Å². The largest absolute Gasteiger partial charge is 0.417 e. The van der Waals surface area contributed by atoms with Gasteiger partial charge in [-0.05, 0) is 32.0 Å². The molecule has 0 bridgehead atoms. The second-order valence-corrected chi connectivity index (χ2v) is 5.72. The third-order valence-electron chi connectivity index (χ3n) is 4.00. The maximum Gasteiger partial charge on any atom is 0.417 e. The molecule has 0 aliphatic carbocycles. The number of likely N-dealkylation sites (tertiary alicyclic amines) is 1. The van der Waals surface area contributed by atoms with Gasteiger partial charge >= 0.3 is 5.76 Å². The predicted octanol–water partition coefficient (Wildman–Crippen LogP) is 1.09. The standard InChI is InChI=1S/C14H20N4O2/c1-17-4-3-9(7-17)8-18(2)12-6-11-13(5-10(12)15)20-14(19)16-11/h5-6,9H,3-4,7-8,15H2,1-2H3,(H,16,19). The predicted molar refractivity (Wildman–Crippen MR) is 80.1 cm³/mol. The van der Waals surface area contributed by atoms with Gasteiger partial charge in [-0.3, -0.25) is 4.98 Å². The summed E-state index contributed by atoms with van der Waals surface area (Å²) in [5, 5.41) is 0. The molecule has 3 N–H and O–H groups in total. The minimum atomic E-state index is -0.448. The van der Waals surface area contributed by atoms with Crippen molar-refractivity contribution in [2.24, 2.45) is 5.92 Å². The first-order chi connectivity index (χ1) is 9.52. The lowest BCUT2D eigenvalue weighted by Gasteiger charge is -2.24. The van der Waals surface area contributed by atoms with Crippen molar-refractivity contribution in [1.29, 1.82) is 0 Å². The van der Waals surface area contributed by atoms with Crippen LogP contribution in [0.1, 0.15) is 6.42 Å².